The van der Waals surface area contributed by atoms with Gasteiger partial charge in [-0.2, -0.15) is 0 Å². The van der Waals surface area contributed by atoms with Crippen LogP contribution in [0.3, 0.4) is 0 Å². The van der Waals surface area contributed by atoms with E-state index in [9.17, 15) is 0 Å². The SMILES string of the molecule is CCc1cccc(N(c2ccc(-c3cccc4c3sc3ccccc34)c(-c3ccccc3)c2)c2ccc3ccccc3c2)c1-c1ccccc1C. The van der Waals surface area contributed by atoms with Gasteiger partial charge in [0.15, 0.2) is 0 Å². The van der Waals surface area contributed by atoms with Gasteiger partial charge in [-0.3, -0.25) is 0 Å². The summed E-state index contributed by atoms with van der Waals surface area (Å²) in [4.78, 5) is 2.48. The van der Waals surface area contributed by atoms with Crippen LogP contribution in [0.4, 0.5) is 17.1 Å². The predicted molar refractivity (Wildman–Crippen MR) is 222 cm³/mol. The van der Waals surface area contributed by atoms with Crippen LogP contribution in [0.25, 0.3) is 64.3 Å². The van der Waals surface area contributed by atoms with Crippen molar-refractivity contribution in [1.82, 2.24) is 0 Å². The van der Waals surface area contributed by atoms with E-state index in [-0.39, 0.29) is 0 Å². The van der Waals surface area contributed by atoms with Crippen molar-refractivity contribution in [3.8, 4) is 33.4 Å². The molecular formula is C49H37NS. The van der Waals surface area contributed by atoms with Crippen LogP contribution < -0.4 is 4.90 Å². The zero-order valence-corrected chi connectivity index (χ0v) is 29.6. The monoisotopic (exact) mass is 671 g/mol. The summed E-state index contributed by atoms with van der Waals surface area (Å²) in [5.74, 6) is 0. The molecule has 51 heavy (non-hydrogen) atoms. The van der Waals surface area contributed by atoms with Crippen molar-refractivity contribution in [2.45, 2.75) is 20.3 Å². The van der Waals surface area contributed by atoms with Crippen LogP contribution in [0.15, 0.2) is 176 Å². The average Bonchev–Trinajstić information content (AvgIpc) is 3.58. The molecule has 0 saturated carbocycles. The topological polar surface area (TPSA) is 3.24 Å². The fourth-order valence-corrected chi connectivity index (χ4v) is 8.93. The lowest BCUT2D eigenvalue weighted by Crippen LogP contribution is -2.12. The van der Waals surface area contributed by atoms with E-state index in [1.165, 1.54) is 81.1 Å². The highest BCUT2D eigenvalue weighted by Crippen LogP contribution is 2.48. The Bertz CT molecular complexity index is 2700. The molecule has 1 aromatic heterocycles. The van der Waals surface area contributed by atoms with Crippen molar-refractivity contribution in [3.05, 3.63) is 187 Å². The van der Waals surface area contributed by atoms with Gasteiger partial charge in [-0.05, 0) is 93.9 Å². The molecule has 0 aliphatic carbocycles. The van der Waals surface area contributed by atoms with Crippen LogP contribution in [-0.2, 0) is 6.42 Å². The summed E-state index contributed by atoms with van der Waals surface area (Å²) >= 11 is 1.89. The summed E-state index contributed by atoms with van der Waals surface area (Å²) in [7, 11) is 0. The Morgan fingerprint density at radius 3 is 2.04 bits per heavy atom. The molecule has 9 rings (SSSR count). The number of anilines is 3. The van der Waals surface area contributed by atoms with E-state index >= 15 is 0 Å². The zero-order valence-electron chi connectivity index (χ0n) is 28.8. The highest BCUT2D eigenvalue weighted by Gasteiger charge is 2.23. The first-order valence-electron chi connectivity index (χ1n) is 17.7. The molecule has 0 spiro atoms. The molecule has 9 aromatic rings. The molecule has 2 heteroatoms. The van der Waals surface area contributed by atoms with Crippen LogP contribution in [0.1, 0.15) is 18.1 Å². The molecule has 0 radical (unpaired) electrons. The first-order valence-corrected chi connectivity index (χ1v) is 18.6. The number of benzene rings is 8. The minimum Gasteiger partial charge on any atom is -0.310 e. The van der Waals surface area contributed by atoms with Gasteiger partial charge < -0.3 is 4.90 Å². The first-order chi connectivity index (χ1) is 25.2. The van der Waals surface area contributed by atoms with Gasteiger partial charge in [0.1, 0.15) is 0 Å². The number of rotatable bonds is 7. The highest BCUT2D eigenvalue weighted by molar-refractivity contribution is 7.26. The third kappa shape index (κ3) is 5.49. The van der Waals surface area contributed by atoms with Crippen LogP contribution in [0.5, 0.6) is 0 Å². The molecule has 0 fully saturated rings. The Balaban J connectivity index is 1.33. The number of hydrogen-bond donors (Lipinski definition) is 0. The van der Waals surface area contributed by atoms with Crippen LogP contribution in [-0.4, -0.2) is 0 Å². The van der Waals surface area contributed by atoms with Gasteiger partial charge >= 0.3 is 0 Å². The molecule has 0 atom stereocenters. The lowest BCUT2D eigenvalue weighted by Gasteiger charge is -2.30. The third-order valence-electron chi connectivity index (χ3n) is 10.2. The van der Waals surface area contributed by atoms with Crippen LogP contribution >= 0.6 is 11.3 Å². The second kappa shape index (κ2) is 13.1. The zero-order chi connectivity index (χ0) is 34.3. The summed E-state index contributed by atoms with van der Waals surface area (Å²) in [5.41, 5.74) is 13.5. The van der Waals surface area contributed by atoms with E-state index < -0.39 is 0 Å². The third-order valence-corrected chi connectivity index (χ3v) is 11.4. The molecule has 244 valence electrons. The Labute approximate surface area is 303 Å². The molecule has 0 aliphatic rings. The summed E-state index contributed by atoms with van der Waals surface area (Å²) in [6, 6.07) is 64.6. The van der Waals surface area contributed by atoms with Gasteiger partial charge in [-0.15, -0.1) is 11.3 Å². The maximum absolute atomic E-state index is 2.48. The predicted octanol–water partition coefficient (Wildman–Crippen LogP) is 14.5. The van der Waals surface area contributed by atoms with Gasteiger partial charge in [0.2, 0.25) is 0 Å². The van der Waals surface area contributed by atoms with Crippen LogP contribution in [0.2, 0.25) is 0 Å². The summed E-state index contributed by atoms with van der Waals surface area (Å²) in [6.07, 6.45) is 0.941. The number of nitrogens with zero attached hydrogens (tertiary/aromatic N) is 1. The lowest BCUT2D eigenvalue weighted by molar-refractivity contribution is 1.13. The van der Waals surface area contributed by atoms with E-state index in [2.05, 4.69) is 195 Å². The van der Waals surface area contributed by atoms with Crippen LogP contribution in [0, 0.1) is 6.92 Å². The maximum atomic E-state index is 2.48. The highest BCUT2D eigenvalue weighted by atomic mass is 32.1. The van der Waals surface area contributed by atoms with Crippen molar-refractivity contribution in [3.63, 3.8) is 0 Å². The Morgan fingerprint density at radius 2 is 1.18 bits per heavy atom. The van der Waals surface area contributed by atoms with E-state index in [0.717, 1.165) is 17.8 Å². The Morgan fingerprint density at radius 1 is 0.490 bits per heavy atom. The van der Waals surface area contributed by atoms with E-state index in [1.54, 1.807) is 0 Å². The van der Waals surface area contributed by atoms with Gasteiger partial charge in [0.25, 0.3) is 0 Å². The summed E-state index contributed by atoms with van der Waals surface area (Å²) in [6.45, 7) is 4.49. The lowest BCUT2D eigenvalue weighted by atomic mass is 9.91. The molecule has 0 N–H and O–H groups in total. The van der Waals surface area contributed by atoms with Gasteiger partial charge in [0, 0.05) is 42.7 Å². The number of thiophene rings is 1. The fraction of sp³-hybridized carbons (Fsp3) is 0.0612. The minimum absolute atomic E-state index is 0.941. The van der Waals surface area contributed by atoms with E-state index in [1.807, 2.05) is 11.3 Å². The molecule has 0 unspecified atom stereocenters. The molecule has 0 bridgehead atoms. The van der Waals surface area contributed by atoms with Crippen molar-refractivity contribution < 1.29 is 0 Å². The molecule has 1 nitrogen and oxygen atoms in total. The standard InChI is InChI=1S/C49H37NS/c1-3-34-20-13-25-46(48(34)40-21-10-7-15-33(40)2)50(38-28-27-35-16-8-9-19-37(35)31-38)39-29-30-41(45(32-39)36-17-5-4-6-18-36)43-23-14-24-44-42-22-11-12-26-47(42)51-49(43)44/h4-32H,3H2,1-2H3. The number of fused-ring (bicyclic) bond motifs is 4. The van der Waals surface area contributed by atoms with E-state index in [0.29, 0.717) is 0 Å². The molecular weight excluding hydrogens is 635 g/mol. The summed E-state index contributed by atoms with van der Waals surface area (Å²) < 4.78 is 2.65. The average molecular weight is 672 g/mol. The minimum atomic E-state index is 0.941. The normalized spacial score (nSPS) is 11.4. The molecule has 0 saturated heterocycles. The molecule has 8 aromatic carbocycles. The summed E-state index contributed by atoms with van der Waals surface area (Å²) in [5, 5.41) is 5.09. The Kier molecular flexibility index (Phi) is 7.95. The van der Waals surface area contributed by atoms with Gasteiger partial charge in [-0.1, -0.05) is 146 Å². The van der Waals surface area contributed by atoms with Gasteiger partial charge in [-0.25, -0.2) is 0 Å². The number of hydrogen-bond acceptors (Lipinski definition) is 2. The second-order valence-corrected chi connectivity index (χ2v) is 14.3. The van der Waals surface area contributed by atoms with Crippen molar-refractivity contribution >= 4 is 59.3 Å². The maximum Gasteiger partial charge on any atom is 0.0542 e. The number of aryl methyl sites for hydroxylation is 2. The van der Waals surface area contributed by atoms with Crippen molar-refractivity contribution in [2.24, 2.45) is 0 Å². The quantitative estimate of drug-likeness (QED) is 0.163. The molecule has 0 amide bonds. The van der Waals surface area contributed by atoms with Crippen molar-refractivity contribution in [2.75, 3.05) is 4.90 Å². The first kappa shape index (κ1) is 31.1. The Hall–Kier alpha value is -5.96. The van der Waals surface area contributed by atoms with Crippen molar-refractivity contribution in [1.29, 1.82) is 0 Å². The molecule has 1 heterocycles. The fourth-order valence-electron chi connectivity index (χ4n) is 7.70. The molecule has 0 aliphatic heterocycles. The largest absolute Gasteiger partial charge is 0.310 e. The second-order valence-electron chi connectivity index (χ2n) is 13.2. The van der Waals surface area contributed by atoms with E-state index in [4.69, 9.17) is 0 Å². The van der Waals surface area contributed by atoms with Gasteiger partial charge in [0.05, 0.1) is 5.69 Å². The smallest absolute Gasteiger partial charge is 0.0542 e.